The van der Waals surface area contributed by atoms with Crippen LogP contribution in [0.1, 0.15) is 17.9 Å². The third-order valence-corrected chi connectivity index (χ3v) is 4.30. The van der Waals surface area contributed by atoms with Gasteiger partial charge in [0.2, 0.25) is 17.8 Å². The Kier molecular flexibility index (Phi) is 4.84. The summed E-state index contributed by atoms with van der Waals surface area (Å²) in [5.74, 6) is 0.506. The summed E-state index contributed by atoms with van der Waals surface area (Å²) in [6.45, 7) is 0.120. The summed E-state index contributed by atoms with van der Waals surface area (Å²) < 4.78 is 5.18. The number of nitrogens with one attached hydrogen (secondary N) is 1. The van der Waals surface area contributed by atoms with Crippen LogP contribution in [0.3, 0.4) is 0 Å². The fourth-order valence-corrected chi connectivity index (χ4v) is 2.76. The topological polar surface area (TPSA) is 89.6 Å². The zero-order chi connectivity index (χ0) is 18.6. The number of hydrogen-bond acceptors (Lipinski definition) is 6. The third-order valence-electron chi connectivity index (χ3n) is 4.05. The molecule has 2 heterocycles. The molecule has 0 aliphatic carbocycles. The second-order valence-corrected chi connectivity index (χ2v) is 6.38. The molecule has 136 valence electrons. The Morgan fingerprint density at radius 1 is 1.11 bits per heavy atom. The summed E-state index contributed by atoms with van der Waals surface area (Å²) >= 11 is 5.88. The minimum absolute atomic E-state index is 0.120. The number of carbonyl (C=O) groups excluding carboxylic acids is 1. The van der Waals surface area contributed by atoms with E-state index in [0.29, 0.717) is 28.9 Å². The molecule has 1 amide bonds. The number of oxime groups is 1. The second-order valence-electron chi connectivity index (χ2n) is 5.94. The van der Waals surface area contributed by atoms with Crippen LogP contribution in [-0.4, -0.2) is 27.9 Å². The van der Waals surface area contributed by atoms with Gasteiger partial charge in [0, 0.05) is 17.0 Å². The molecule has 0 saturated heterocycles. The lowest BCUT2D eigenvalue weighted by Crippen LogP contribution is -2.34. The fraction of sp³-hybridized carbons (Fsp3) is 0.158. The van der Waals surface area contributed by atoms with Gasteiger partial charge in [0.15, 0.2) is 0 Å². The van der Waals surface area contributed by atoms with E-state index in [1.54, 1.807) is 12.1 Å². The number of benzene rings is 2. The number of halogens is 1. The molecule has 4 rings (SSSR count). The van der Waals surface area contributed by atoms with Crippen LogP contribution in [0.15, 0.2) is 64.3 Å². The highest BCUT2D eigenvalue weighted by Gasteiger charge is 2.29. The summed E-state index contributed by atoms with van der Waals surface area (Å²) in [5.41, 5.74) is 2.43. The van der Waals surface area contributed by atoms with Crippen molar-refractivity contribution < 1.29 is 14.2 Å². The second kappa shape index (κ2) is 7.59. The average molecular weight is 383 g/mol. The van der Waals surface area contributed by atoms with Gasteiger partial charge in [0.25, 0.3) is 5.91 Å². The maximum absolute atomic E-state index is 12.3. The van der Waals surface area contributed by atoms with Crippen LogP contribution in [0.25, 0.3) is 11.4 Å². The lowest BCUT2D eigenvalue weighted by molar-refractivity contribution is -0.131. The van der Waals surface area contributed by atoms with Crippen molar-refractivity contribution in [1.82, 2.24) is 15.5 Å². The molecule has 3 aromatic rings. The standard InChI is InChI=1S/C19H15ClN4O3/c20-14-8-6-12(7-9-14)15-10-16(26-23-15)19(25)21-11-17-22-18(24-27-17)13-4-2-1-3-5-13/h1-9,16H,10-11H2,(H,21,25)/t16-/m1/s1. The Morgan fingerprint density at radius 3 is 2.67 bits per heavy atom. The Morgan fingerprint density at radius 2 is 1.89 bits per heavy atom. The van der Waals surface area contributed by atoms with Crippen LogP contribution in [0.2, 0.25) is 5.02 Å². The maximum Gasteiger partial charge on any atom is 0.264 e. The van der Waals surface area contributed by atoms with Gasteiger partial charge in [-0.2, -0.15) is 4.98 Å². The molecule has 1 N–H and O–H groups in total. The summed E-state index contributed by atoms with van der Waals surface area (Å²) in [6.07, 6.45) is -0.306. The fourth-order valence-electron chi connectivity index (χ4n) is 2.64. The van der Waals surface area contributed by atoms with Gasteiger partial charge >= 0.3 is 0 Å². The Bertz CT molecular complexity index is 970. The van der Waals surface area contributed by atoms with Gasteiger partial charge in [-0.3, -0.25) is 4.79 Å². The van der Waals surface area contributed by atoms with Gasteiger partial charge in [-0.15, -0.1) is 0 Å². The SMILES string of the molecule is O=C(NCc1nc(-c2ccccc2)no1)[C@H]1CC(c2ccc(Cl)cc2)=NO1. The normalized spacial score (nSPS) is 15.9. The van der Waals surface area contributed by atoms with Crippen LogP contribution in [0.5, 0.6) is 0 Å². The molecule has 1 atom stereocenters. The van der Waals surface area contributed by atoms with E-state index in [0.717, 1.165) is 11.1 Å². The largest absolute Gasteiger partial charge is 0.382 e. The van der Waals surface area contributed by atoms with Gasteiger partial charge < -0.3 is 14.7 Å². The van der Waals surface area contributed by atoms with Crippen molar-refractivity contribution in [1.29, 1.82) is 0 Å². The van der Waals surface area contributed by atoms with Crippen LogP contribution in [-0.2, 0) is 16.2 Å². The Hall–Kier alpha value is -3.19. The van der Waals surface area contributed by atoms with E-state index in [2.05, 4.69) is 20.6 Å². The third kappa shape index (κ3) is 3.98. The van der Waals surface area contributed by atoms with Crippen LogP contribution >= 0.6 is 11.6 Å². The van der Waals surface area contributed by atoms with Crippen molar-refractivity contribution in [2.45, 2.75) is 19.1 Å². The first-order chi connectivity index (χ1) is 13.2. The molecule has 0 bridgehead atoms. The number of aromatic nitrogens is 2. The first-order valence-electron chi connectivity index (χ1n) is 8.33. The molecule has 7 nitrogen and oxygen atoms in total. The quantitative estimate of drug-likeness (QED) is 0.731. The van der Waals surface area contributed by atoms with E-state index in [-0.39, 0.29) is 12.5 Å². The molecule has 1 aromatic heterocycles. The van der Waals surface area contributed by atoms with Crippen molar-refractivity contribution in [2.24, 2.45) is 5.16 Å². The summed E-state index contributed by atoms with van der Waals surface area (Å²) in [5, 5.41) is 11.3. The number of hydrogen-bond donors (Lipinski definition) is 1. The predicted molar refractivity (Wildman–Crippen MR) is 99.1 cm³/mol. The van der Waals surface area contributed by atoms with E-state index in [1.807, 2.05) is 42.5 Å². The van der Waals surface area contributed by atoms with E-state index < -0.39 is 6.10 Å². The molecule has 0 saturated carbocycles. The van der Waals surface area contributed by atoms with E-state index in [1.165, 1.54) is 0 Å². The molecule has 27 heavy (non-hydrogen) atoms. The van der Waals surface area contributed by atoms with Gasteiger partial charge in [-0.25, -0.2) is 0 Å². The zero-order valence-electron chi connectivity index (χ0n) is 14.1. The van der Waals surface area contributed by atoms with Crippen LogP contribution in [0.4, 0.5) is 0 Å². The first-order valence-corrected chi connectivity index (χ1v) is 8.71. The maximum atomic E-state index is 12.3. The molecular formula is C19H15ClN4O3. The summed E-state index contributed by atoms with van der Waals surface area (Å²) in [4.78, 5) is 21.8. The molecule has 1 aliphatic heterocycles. The van der Waals surface area contributed by atoms with Crippen molar-refractivity contribution in [3.63, 3.8) is 0 Å². The highest BCUT2D eigenvalue weighted by molar-refractivity contribution is 6.30. The van der Waals surface area contributed by atoms with Crippen molar-refractivity contribution >= 4 is 23.2 Å². The molecule has 2 aromatic carbocycles. The Balaban J connectivity index is 1.32. The van der Waals surface area contributed by atoms with Gasteiger partial charge in [-0.1, -0.05) is 64.4 Å². The summed E-state index contributed by atoms with van der Waals surface area (Å²) in [6, 6.07) is 16.7. The lowest BCUT2D eigenvalue weighted by Gasteiger charge is -2.07. The van der Waals surface area contributed by atoms with E-state index >= 15 is 0 Å². The zero-order valence-corrected chi connectivity index (χ0v) is 14.9. The molecule has 0 unspecified atom stereocenters. The molecular weight excluding hydrogens is 368 g/mol. The van der Waals surface area contributed by atoms with Gasteiger partial charge in [-0.05, 0) is 17.7 Å². The van der Waals surface area contributed by atoms with Crippen molar-refractivity contribution in [3.05, 3.63) is 71.1 Å². The molecule has 0 radical (unpaired) electrons. The summed E-state index contributed by atoms with van der Waals surface area (Å²) in [7, 11) is 0. The van der Waals surface area contributed by atoms with Crippen LogP contribution < -0.4 is 5.32 Å². The van der Waals surface area contributed by atoms with Gasteiger partial charge in [0.1, 0.15) is 0 Å². The first kappa shape index (κ1) is 17.2. The van der Waals surface area contributed by atoms with Crippen LogP contribution in [0, 0.1) is 0 Å². The number of rotatable bonds is 5. The molecule has 1 aliphatic rings. The number of amides is 1. The minimum Gasteiger partial charge on any atom is -0.382 e. The molecule has 0 fully saturated rings. The van der Waals surface area contributed by atoms with E-state index in [9.17, 15) is 4.79 Å². The van der Waals surface area contributed by atoms with Crippen molar-refractivity contribution in [3.8, 4) is 11.4 Å². The minimum atomic E-state index is -0.688. The average Bonchev–Trinajstić information content (AvgIpc) is 3.37. The Labute approximate surface area is 160 Å². The smallest absolute Gasteiger partial charge is 0.264 e. The number of nitrogens with zero attached hydrogens (tertiary/aromatic N) is 3. The predicted octanol–water partition coefficient (Wildman–Crippen LogP) is 3.20. The van der Waals surface area contributed by atoms with Crippen molar-refractivity contribution in [2.75, 3.05) is 0 Å². The monoisotopic (exact) mass is 382 g/mol. The number of carbonyl (C=O) groups is 1. The molecule has 8 heteroatoms. The van der Waals surface area contributed by atoms with E-state index in [4.69, 9.17) is 21.0 Å². The lowest BCUT2D eigenvalue weighted by atomic mass is 10.0. The highest BCUT2D eigenvalue weighted by atomic mass is 35.5. The highest BCUT2D eigenvalue weighted by Crippen LogP contribution is 2.19. The van der Waals surface area contributed by atoms with Gasteiger partial charge in [0.05, 0.1) is 12.3 Å². The molecule has 0 spiro atoms.